The second-order valence-corrected chi connectivity index (χ2v) is 7.43. The molecular formula is C22H27ClN4O3. The average Bonchev–Trinajstić information content (AvgIpc) is 2.69. The van der Waals surface area contributed by atoms with Crippen LogP contribution >= 0.6 is 11.6 Å². The molecule has 3 N–H and O–H groups in total. The van der Waals surface area contributed by atoms with Crippen molar-refractivity contribution < 1.29 is 14.4 Å². The van der Waals surface area contributed by atoms with Crippen molar-refractivity contribution in [3.63, 3.8) is 0 Å². The van der Waals surface area contributed by atoms with E-state index in [-0.39, 0.29) is 24.3 Å². The number of halogens is 1. The molecule has 0 heterocycles. The molecule has 2 aromatic carbocycles. The van der Waals surface area contributed by atoms with Crippen molar-refractivity contribution in [2.24, 2.45) is 0 Å². The van der Waals surface area contributed by atoms with Gasteiger partial charge in [-0.1, -0.05) is 24.6 Å². The molecule has 160 valence electrons. The third-order valence-electron chi connectivity index (χ3n) is 4.63. The van der Waals surface area contributed by atoms with Crippen LogP contribution in [0.25, 0.3) is 0 Å². The zero-order valence-corrected chi connectivity index (χ0v) is 18.3. The first kappa shape index (κ1) is 23.4. The minimum atomic E-state index is -0.513. The molecule has 0 unspecified atom stereocenters. The fourth-order valence-corrected chi connectivity index (χ4v) is 3.05. The van der Waals surface area contributed by atoms with Gasteiger partial charge in [-0.25, -0.2) is 0 Å². The fraction of sp³-hybridized carbons (Fsp3) is 0.318. The van der Waals surface area contributed by atoms with E-state index in [9.17, 15) is 14.4 Å². The van der Waals surface area contributed by atoms with Gasteiger partial charge in [-0.2, -0.15) is 0 Å². The van der Waals surface area contributed by atoms with Gasteiger partial charge < -0.3 is 16.0 Å². The van der Waals surface area contributed by atoms with Gasteiger partial charge in [-0.3, -0.25) is 19.3 Å². The molecule has 2 aromatic rings. The molecule has 0 saturated heterocycles. The first-order chi connectivity index (χ1) is 14.2. The van der Waals surface area contributed by atoms with E-state index in [2.05, 4.69) is 16.0 Å². The maximum atomic E-state index is 12.7. The minimum absolute atomic E-state index is 0.0626. The number of likely N-dealkylation sites (N-methyl/N-ethyl adjacent to an activating group) is 1. The van der Waals surface area contributed by atoms with Gasteiger partial charge in [-0.05, 0) is 62.4 Å². The van der Waals surface area contributed by atoms with Crippen molar-refractivity contribution in [3.05, 3.63) is 53.1 Å². The lowest BCUT2D eigenvalue weighted by Gasteiger charge is -2.26. The number of anilines is 3. The molecule has 2 rings (SSSR count). The number of hydrogen-bond donors (Lipinski definition) is 3. The summed E-state index contributed by atoms with van der Waals surface area (Å²) < 4.78 is 0. The lowest BCUT2D eigenvalue weighted by molar-refractivity contribution is -0.123. The molecule has 1 atom stereocenters. The van der Waals surface area contributed by atoms with Crippen LogP contribution < -0.4 is 16.0 Å². The Hall–Kier alpha value is -2.90. The van der Waals surface area contributed by atoms with Crippen molar-refractivity contribution in [2.75, 3.05) is 29.0 Å². The predicted octanol–water partition coefficient (Wildman–Crippen LogP) is 3.89. The smallest absolute Gasteiger partial charge is 0.241 e. The van der Waals surface area contributed by atoms with Crippen molar-refractivity contribution >= 4 is 46.4 Å². The topological polar surface area (TPSA) is 90.5 Å². The van der Waals surface area contributed by atoms with Gasteiger partial charge in [-0.15, -0.1) is 0 Å². The van der Waals surface area contributed by atoms with Crippen LogP contribution in [0.5, 0.6) is 0 Å². The van der Waals surface area contributed by atoms with Crippen LogP contribution in [0.1, 0.15) is 26.3 Å². The summed E-state index contributed by atoms with van der Waals surface area (Å²) in [4.78, 5) is 38.0. The second-order valence-electron chi connectivity index (χ2n) is 6.99. The number of nitrogens with zero attached hydrogens (tertiary/aromatic N) is 1. The number of rotatable bonds is 8. The molecule has 0 spiro atoms. The molecule has 0 aromatic heterocycles. The average molecular weight is 431 g/mol. The predicted molar refractivity (Wildman–Crippen MR) is 121 cm³/mol. The first-order valence-corrected chi connectivity index (χ1v) is 10.1. The fourth-order valence-electron chi connectivity index (χ4n) is 2.88. The molecule has 0 saturated carbocycles. The van der Waals surface area contributed by atoms with Gasteiger partial charge >= 0.3 is 0 Å². The van der Waals surface area contributed by atoms with Crippen molar-refractivity contribution in [2.45, 2.75) is 33.7 Å². The van der Waals surface area contributed by atoms with E-state index in [0.29, 0.717) is 28.6 Å². The lowest BCUT2D eigenvalue weighted by atomic mass is 10.2. The Morgan fingerprint density at radius 2 is 1.60 bits per heavy atom. The van der Waals surface area contributed by atoms with E-state index >= 15 is 0 Å². The summed E-state index contributed by atoms with van der Waals surface area (Å²) >= 11 is 6.01. The monoisotopic (exact) mass is 430 g/mol. The Bertz CT molecular complexity index is 915. The molecule has 7 nitrogen and oxygen atoms in total. The molecule has 3 amide bonds. The normalized spacial score (nSPS) is 11.7. The highest BCUT2D eigenvalue weighted by Crippen LogP contribution is 2.21. The highest BCUT2D eigenvalue weighted by Gasteiger charge is 2.23. The van der Waals surface area contributed by atoms with E-state index < -0.39 is 6.04 Å². The number of carbonyl (C=O) groups excluding carboxylic acids is 3. The molecule has 0 aliphatic rings. The zero-order chi connectivity index (χ0) is 22.3. The van der Waals surface area contributed by atoms with Crippen LogP contribution in [-0.4, -0.2) is 41.8 Å². The van der Waals surface area contributed by atoms with Gasteiger partial charge in [0.1, 0.15) is 0 Å². The molecule has 0 aliphatic carbocycles. The van der Waals surface area contributed by atoms with Gasteiger partial charge in [0.25, 0.3) is 0 Å². The van der Waals surface area contributed by atoms with Gasteiger partial charge in [0.05, 0.1) is 12.6 Å². The molecule has 0 bridgehead atoms. The first-order valence-electron chi connectivity index (χ1n) is 9.68. The lowest BCUT2D eigenvalue weighted by Crippen LogP contribution is -2.45. The molecular weight excluding hydrogens is 404 g/mol. The maximum absolute atomic E-state index is 12.7. The third-order valence-corrected chi connectivity index (χ3v) is 4.86. The van der Waals surface area contributed by atoms with Crippen molar-refractivity contribution in [3.8, 4) is 0 Å². The summed E-state index contributed by atoms with van der Waals surface area (Å²) in [7, 11) is 0. The summed E-state index contributed by atoms with van der Waals surface area (Å²) in [5.74, 6) is -0.608. The van der Waals surface area contributed by atoms with Gasteiger partial charge in [0.15, 0.2) is 0 Å². The molecule has 30 heavy (non-hydrogen) atoms. The number of nitrogens with one attached hydrogen (secondary N) is 3. The van der Waals surface area contributed by atoms with E-state index in [4.69, 9.17) is 11.6 Å². The third kappa shape index (κ3) is 6.86. The maximum Gasteiger partial charge on any atom is 0.241 e. The number of hydrogen-bond acceptors (Lipinski definition) is 4. The molecule has 0 fully saturated rings. The van der Waals surface area contributed by atoms with Crippen LogP contribution in [0, 0.1) is 6.92 Å². The van der Waals surface area contributed by atoms with Crippen LogP contribution in [-0.2, 0) is 14.4 Å². The second kappa shape index (κ2) is 10.8. The van der Waals surface area contributed by atoms with E-state index in [1.807, 2.05) is 19.9 Å². The summed E-state index contributed by atoms with van der Waals surface area (Å²) in [6.45, 7) is 7.56. The quantitative estimate of drug-likeness (QED) is 0.592. The largest absolute Gasteiger partial charge is 0.326 e. The molecule has 0 radical (unpaired) electrons. The summed E-state index contributed by atoms with van der Waals surface area (Å²) in [6.07, 6.45) is 0. The molecule has 0 aliphatic heterocycles. The number of benzene rings is 2. The van der Waals surface area contributed by atoms with E-state index in [0.717, 1.165) is 5.56 Å². The zero-order valence-electron chi connectivity index (χ0n) is 17.6. The van der Waals surface area contributed by atoms with Gasteiger partial charge in [0.2, 0.25) is 17.7 Å². The Kier molecular flexibility index (Phi) is 8.38. The van der Waals surface area contributed by atoms with Gasteiger partial charge in [0, 0.05) is 29.0 Å². The van der Waals surface area contributed by atoms with Crippen LogP contribution in [0.15, 0.2) is 42.5 Å². The van der Waals surface area contributed by atoms with Crippen LogP contribution in [0.3, 0.4) is 0 Å². The van der Waals surface area contributed by atoms with E-state index in [1.165, 1.54) is 6.92 Å². The summed E-state index contributed by atoms with van der Waals surface area (Å²) in [5, 5.41) is 8.89. The standard InChI is InChI=1S/C22H27ClN4O3/c1-5-27(15(3)22(30)26-20-12-17(23)7-6-14(20)2)13-21(29)25-19-10-8-18(9-11-19)24-16(4)28/h6-12,15H,5,13H2,1-4H3,(H,24,28)(H,25,29)(H,26,30)/t15-/m1/s1. The number of amides is 3. The SMILES string of the molecule is CCN(CC(=O)Nc1ccc(NC(C)=O)cc1)[C@H](C)C(=O)Nc1cc(Cl)ccc1C. The summed E-state index contributed by atoms with van der Waals surface area (Å²) in [6, 6.07) is 11.6. The Morgan fingerprint density at radius 3 is 2.17 bits per heavy atom. The highest BCUT2D eigenvalue weighted by atomic mass is 35.5. The van der Waals surface area contributed by atoms with Crippen molar-refractivity contribution in [1.82, 2.24) is 4.90 Å². The Morgan fingerprint density at radius 1 is 1.00 bits per heavy atom. The van der Waals surface area contributed by atoms with Crippen LogP contribution in [0.4, 0.5) is 17.1 Å². The number of aryl methyl sites for hydroxylation is 1. The number of carbonyl (C=O) groups is 3. The van der Waals surface area contributed by atoms with Crippen molar-refractivity contribution in [1.29, 1.82) is 0 Å². The van der Waals surface area contributed by atoms with E-state index in [1.54, 1.807) is 48.2 Å². The Balaban J connectivity index is 1.95. The summed E-state index contributed by atoms with van der Waals surface area (Å²) in [5.41, 5.74) is 2.82. The highest BCUT2D eigenvalue weighted by molar-refractivity contribution is 6.31. The Labute approximate surface area is 181 Å². The molecule has 8 heteroatoms. The minimum Gasteiger partial charge on any atom is -0.326 e. The van der Waals surface area contributed by atoms with Crippen LogP contribution in [0.2, 0.25) is 5.02 Å².